The first-order valence-corrected chi connectivity index (χ1v) is 10.4. The first-order valence-electron chi connectivity index (χ1n) is 9.01. The summed E-state index contributed by atoms with van der Waals surface area (Å²) in [5.41, 5.74) is 2.82. The zero-order chi connectivity index (χ0) is 17.7. The highest BCUT2D eigenvalue weighted by Gasteiger charge is 2.27. The summed E-state index contributed by atoms with van der Waals surface area (Å²) in [7, 11) is -3.52. The minimum absolute atomic E-state index is 0.165. The Bertz CT molecular complexity index is 734. The van der Waals surface area contributed by atoms with E-state index in [-0.39, 0.29) is 10.8 Å². The van der Waals surface area contributed by atoms with Crippen molar-refractivity contribution in [3.63, 3.8) is 0 Å². The van der Waals surface area contributed by atoms with Crippen molar-refractivity contribution in [2.24, 2.45) is 11.0 Å². The fourth-order valence-corrected chi connectivity index (χ4v) is 4.99. The molecule has 1 aliphatic heterocycles. The Morgan fingerprint density at radius 3 is 2.56 bits per heavy atom. The molecule has 0 spiro atoms. The maximum atomic E-state index is 12.6. The summed E-state index contributed by atoms with van der Waals surface area (Å²) in [6.07, 6.45) is 9.50. The highest BCUT2D eigenvalue weighted by molar-refractivity contribution is 7.89. The van der Waals surface area contributed by atoms with E-state index < -0.39 is 10.0 Å². The van der Waals surface area contributed by atoms with Crippen LogP contribution in [0.1, 0.15) is 55.3 Å². The van der Waals surface area contributed by atoms with Gasteiger partial charge in [0.2, 0.25) is 10.0 Å². The molecule has 2 aliphatic rings. The van der Waals surface area contributed by atoms with E-state index in [0.29, 0.717) is 24.6 Å². The van der Waals surface area contributed by atoms with Crippen LogP contribution in [0.25, 0.3) is 0 Å². The molecule has 2 fully saturated rings. The molecule has 0 aromatic heterocycles. The van der Waals surface area contributed by atoms with E-state index in [9.17, 15) is 13.2 Å². The number of benzene rings is 1. The van der Waals surface area contributed by atoms with Crippen molar-refractivity contribution < 1.29 is 13.2 Å². The second-order valence-electron chi connectivity index (χ2n) is 6.76. The maximum Gasteiger partial charge on any atom is 0.271 e. The lowest BCUT2D eigenvalue weighted by Gasteiger charge is -2.17. The third-order valence-corrected chi connectivity index (χ3v) is 6.79. The predicted octanol–water partition coefficient (Wildman–Crippen LogP) is 2.77. The maximum absolute atomic E-state index is 12.6. The minimum atomic E-state index is -3.52. The van der Waals surface area contributed by atoms with Gasteiger partial charge in [0.25, 0.3) is 5.91 Å². The lowest BCUT2D eigenvalue weighted by Crippen LogP contribution is -2.28. The lowest BCUT2D eigenvalue weighted by molar-refractivity contribution is 0.0954. The van der Waals surface area contributed by atoms with Crippen LogP contribution in [-0.4, -0.2) is 37.9 Å². The molecule has 7 heteroatoms. The van der Waals surface area contributed by atoms with Gasteiger partial charge < -0.3 is 0 Å². The van der Waals surface area contributed by atoms with E-state index in [4.69, 9.17) is 0 Å². The number of carbonyl (C=O) groups excluding carboxylic acids is 1. The summed E-state index contributed by atoms with van der Waals surface area (Å²) in [6.45, 7) is 1.09. The van der Waals surface area contributed by atoms with E-state index in [1.54, 1.807) is 12.1 Å². The van der Waals surface area contributed by atoms with Gasteiger partial charge in [0, 0.05) is 24.9 Å². The molecule has 0 bridgehead atoms. The summed E-state index contributed by atoms with van der Waals surface area (Å²) >= 11 is 0. The molecular weight excluding hydrogens is 338 g/mol. The number of carbonyl (C=O) groups is 1. The van der Waals surface area contributed by atoms with Crippen molar-refractivity contribution in [2.75, 3.05) is 13.1 Å². The Morgan fingerprint density at radius 1 is 1.12 bits per heavy atom. The van der Waals surface area contributed by atoms with E-state index in [0.717, 1.165) is 25.7 Å². The van der Waals surface area contributed by atoms with Crippen LogP contribution in [0, 0.1) is 5.92 Å². The van der Waals surface area contributed by atoms with Crippen LogP contribution in [-0.2, 0) is 10.0 Å². The molecule has 1 aromatic rings. The quantitative estimate of drug-likeness (QED) is 0.645. The van der Waals surface area contributed by atoms with Gasteiger partial charge in [0.05, 0.1) is 4.90 Å². The summed E-state index contributed by atoms with van der Waals surface area (Å²) in [6, 6.07) is 6.17. The molecule has 1 N–H and O–H groups in total. The minimum Gasteiger partial charge on any atom is -0.267 e. The third-order valence-electron chi connectivity index (χ3n) is 4.90. The molecular formula is C18H25N3O3S. The summed E-state index contributed by atoms with van der Waals surface area (Å²) in [4.78, 5) is 12.4. The SMILES string of the molecule is O=C(N/N=C/C1CCCCC1)c1cccc(S(=O)(=O)N2CCCC2)c1. The van der Waals surface area contributed by atoms with Crippen molar-refractivity contribution >= 4 is 22.1 Å². The Morgan fingerprint density at radius 2 is 1.84 bits per heavy atom. The zero-order valence-electron chi connectivity index (χ0n) is 14.4. The summed E-state index contributed by atoms with van der Waals surface area (Å²) in [5.74, 6) is 0.0430. The Kier molecular flexibility index (Phi) is 5.86. The molecule has 1 saturated carbocycles. The van der Waals surface area contributed by atoms with Crippen molar-refractivity contribution in [3.05, 3.63) is 29.8 Å². The third kappa shape index (κ3) is 4.46. The largest absolute Gasteiger partial charge is 0.271 e. The Hall–Kier alpha value is -1.73. The van der Waals surface area contributed by atoms with Crippen LogP contribution in [0.4, 0.5) is 0 Å². The molecule has 6 nitrogen and oxygen atoms in total. The van der Waals surface area contributed by atoms with Gasteiger partial charge in [0.15, 0.2) is 0 Å². The molecule has 1 heterocycles. The number of nitrogens with one attached hydrogen (secondary N) is 1. The van der Waals surface area contributed by atoms with E-state index in [2.05, 4.69) is 10.5 Å². The van der Waals surface area contributed by atoms with Crippen LogP contribution in [0.5, 0.6) is 0 Å². The Balaban J connectivity index is 1.66. The van der Waals surface area contributed by atoms with Crippen molar-refractivity contribution in [1.82, 2.24) is 9.73 Å². The number of hydrogen-bond acceptors (Lipinski definition) is 4. The lowest BCUT2D eigenvalue weighted by atomic mass is 9.90. The molecule has 1 amide bonds. The molecule has 25 heavy (non-hydrogen) atoms. The number of hydrazone groups is 1. The fourth-order valence-electron chi connectivity index (χ4n) is 3.42. The van der Waals surface area contributed by atoms with Gasteiger partial charge in [-0.15, -0.1) is 0 Å². The van der Waals surface area contributed by atoms with Crippen molar-refractivity contribution in [1.29, 1.82) is 0 Å². The summed E-state index contributed by atoms with van der Waals surface area (Å²) < 4.78 is 26.7. The van der Waals surface area contributed by atoms with Crippen LogP contribution < -0.4 is 5.43 Å². The second-order valence-corrected chi connectivity index (χ2v) is 8.69. The summed E-state index contributed by atoms with van der Waals surface area (Å²) in [5, 5.41) is 4.06. The van der Waals surface area contributed by atoms with Gasteiger partial charge in [-0.2, -0.15) is 9.41 Å². The molecule has 1 saturated heterocycles. The highest BCUT2D eigenvalue weighted by atomic mass is 32.2. The topological polar surface area (TPSA) is 78.8 Å². The number of hydrogen-bond donors (Lipinski definition) is 1. The van der Waals surface area contributed by atoms with E-state index in [1.807, 2.05) is 6.21 Å². The zero-order valence-corrected chi connectivity index (χ0v) is 15.2. The van der Waals surface area contributed by atoms with Crippen LogP contribution in [0.15, 0.2) is 34.3 Å². The van der Waals surface area contributed by atoms with E-state index >= 15 is 0 Å². The smallest absolute Gasteiger partial charge is 0.267 e. The molecule has 0 radical (unpaired) electrons. The second kappa shape index (κ2) is 8.10. The monoisotopic (exact) mass is 363 g/mol. The molecule has 3 rings (SSSR count). The number of amides is 1. The van der Waals surface area contributed by atoms with Gasteiger partial charge in [0.1, 0.15) is 0 Å². The molecule has 136 valence electrons. The van der Waals surface area contributed by atoms with Gasteiger partial charge in [-0.1, -0.05) is 25.3 Å². The number of nitrogens with zero attached hydrogens (tertiary/aromatic N) is 2. The standard InChI is InChI=1S/C18H25N3O3S/c22-18(20-19-14-15-7-2-1-3-8-15)16-9-6-10-17(13-16)25(23,24)21-11-4-5-12-21/h6,9-10,13-15H,1-5,7-8,11-12H2,(H,20,22)/b19-14+. The number of rotatable bonds is 5. The van der Waals surface area contributed by atoms with E-state index in [1.165, 1.54) is 35.7 Å². The highest BCUT2D eigenvalue weighted by Crippen LogP contribution is 2.22. The Labute approximate surface area is 149 Å². The van der Waals surface area contributed by atoms with Gasteiger partial charge in [-0.25, -0.2) is 13.8 Å². The van der Waals surface area contributed by atoms with Crippen molar-refractivity contribution in [3.8, 4) is 0 Å². The normalized spacial score (nSPS) is 20.2. The van der Waals surface area contributed by atoms with Crippen LogP contribution in [0.3, 0.4) is 0 Å². The molecule has 0 atom stereocenters. The first-order chi connectivity index (χ1) is 12.1. The average Bonchev–Trinajstić information content (AvgIpc) is 3.18. The predicted molar refractivity (Wildman–Crippen MR) is 97.0 cm³/mol. The molecule has 0 unspecified atom stereocenters. The molecule has 1 aliphatic carbocycles. The number of sulfonamides is 1. The van der Waals surface area contributed by atoms with Gasteiger partial charge >= 0.3 is 0 Å². The van der Waals surface area contributed by atoms with Crippen molar-refractivity contribution in [2.45, 2.75) is 49.8 Å². The average molecular weight is 363 g/mol. The van der Waals surface area contributed by atoms with Crippen LogP contribution in [0.2, 0.25) is 0 Å². The molecule has 1 aromatic carbocycles. The fraction of sp³-hybridized carbons (Fsp3) is 0.556. The van der Waals surface area contributed by atoms with Crippen LogP contribution >= 0.6 is 0 Å². The van der Waals surface area contributed by atoms with Gasteiger partial charge in [-0.3, -0.25) is 4.79 Å². The first kappa shape index (κ1) is 18.1. The van der Waals surface area contributed by atoms with Gasteiger partial charge in [-0.05, 0) is 49.8 Å².